The maximum absolute atomic E-state index is 12.5. The second-order valence-corrected chi connectivity index (χ2v) is 9.88. The summed E-state index contributed by atoms with van der Waals surface area (Å²) >= 11 is 0. The standard InChI is InChI=1S/C21H33N3O4/c25-18(13-24-5-1-2-14(12-24)3-4-19(26)27)22-20(28)23-21-9-15-6-16(10-21)8-17(7-15)11-21/h14-17H,1-13H2,(H,26,27)(H2,22,23,25,28). The summed E-state index contributed by atoms with van der Waals surface area (Å²) in [4.78, 5) is 37.7. The largest absolute Gasteiger partial charge is 0.481 e. The topological polar surface area (TPSA) is 98.7 Å². The van der Waals surface area contributed by atoms with Crippen molar-refractivity contribution in [3.05, 3.63) is 0 Å². The number of carbonyl (C=O) groups is 3. The van der Waals surface area contributed by atoms with Crippen LogP contribution >= 0.6 is 0 Å². The Morgan fingerprint density at radius 3 is 2.29 bits per heavy atom. The van der Waals surface area contributed by atoms with E-state index in [1.165, 1.54) is 19.3 Å². The maximum atomic E-state index is 12.5. The molecule has 28 heavy (non-hydrogen) atoms. The van der Waals surface area contributed by atoms with Crippen LogP contribution < -0.4 is 10.6 Å². The molecule has 5 rings (SSSR count). The lowest BCUT2D eigenvalue weighted by Crippen LogP contribution is -2.62. The molecule has 0 aromatic rings. The van der Waals surface area contributed by atoms with Crippen LogP contribution in [-0.4, -0.2) is 53.1 Å². The normalized spacial score (nSPS) is 36.9. The number of nitrogens with zero attached hydrogens (tertiary/aromatic N) is 1. The third-order valence-electron chi connectivity index (χ3n) is 7.41. The number of hydrogen-bond donors (Lipinski definition) is 3. The minimum atomic E-state index is -0.767. The monoisotopic (exact) mass is 391 g/mol. The first-order chi connectivity index (χ1) is 13.4. The van der Waals surface area contributed by atoms with Crippen molar-refractivity contribution in [2.75, 3.05) is 19.6 Å². The van der Waals surface area contributed by atoms with Crippen molar-refractivity contribution in [3.8, 4) is 0 Å². The second kappa shape index (κ2) is 8.01. The third-order valence-corrected chi connectivity index (χ3v) is 7.41. The highest BCUT2D eigenvalue weighted by atomic mass is 16.4. The van der Waals surface area contributed by atoms with Gasteiger partial charge in [-0.3, -0.25) is 19.8 Å². The molecule has 0 spiro atoms. The Hall–Kier alpha value is -1.63. The quantitative estimate of drug-likeness (QED) is 0.646. The number of piperidine rings is 1. The Bertz CT molecular complexity index is 600. The molecule has 0 aromatic carbocycles. The van der Waals surface area contributed by atoms with E-state index < -0.39 is 5.97 Å². The van der Waals surface area contributed by atoms with Crippen LogP contribution in [0.15, 0.2) is 0 Å². The number of carboxylic acid groups (broad SMARTS) is 1. The summed E-state index contributed by atoms with van der Waals surface area (Å²) < 4.78 is 0. The third kappa shape index (κ3) is 4.67. The fourth-order valence-electron chi connectivity index (χ4n) is 6.76. The van der Waals surface area contributed by atoms with Crippen LogP contribution in [0.1, 0.15) is 64.2 Å². The van der Waals surface area contributed by atoms with Gasteiger partial charge in [-0.2, -0.15) is 0 Å². The lowest BCUT2D eigenvalue weighted by atomic mass is 9.53. The van der Waals surface area contributed by atoms with E-state index in [0.29, 0.717) is 12.3 Å². The van der Waals surface area contributed by atoms with Gasteiger partial charge in [0, 0.05) is 18.5 Å². The van der Waals surface area contributed by atoms with Crippen molar-refractivity contribution < 1.29 is 19.5 Å². The fourth-order valence-corrected chi connectivity index (χ4v) is 6.76. The lowest BCUT2D eigenvalue weighted by molar-refractivity contribution is -0.137. The van der Waals surface area contributed by atoms with Gasteiger partial charge in [-0.05, 0) is 88.0 Å². The SMILES string of the molecule is O=C(O)CCC1CCCN(CC(=O)NC(=O)NC23CC4CC(CC(C4)C2)C3)C1. The molecule has 4 bridgehead atoms. The van der Waals surface area contributed by atoms with E-state index in [1.807, 2.05) is 4.90 Å². The van der Waals surface area contributed by atoms with E-state index in [0.717, 1.165) is 62.9 Å². The number of carbonyl (C=O) groups excluding carboxylic acids is 2. The number of nitrogens with one attached hydrogen (secondary N) is 2. The van der Waals surface area contributed by atoms with Gasteiger partial charge in [-0.25, -0.2) is 4.79 Å². The van der Waals surface area contributed by atoms with E-state index >= 15 is 0 Å². The van der Waals surface area contributed by atoms with Crippen LogP contribution in [0.3, 0.4) is 0 Å². The predicted molar refractivity (Wildman–Crippen MR) is 104 cm³/mol. The van der Waals surface area contributed by atoms with Gasteiger partial charge in [0.1, 0.15) is 0 Å². The summed E-state index contributed by atoms with van der Waals surface area (Å²) in [7, 11) is 0. The number of aliphatic carboxylic acids is 1. The van der Waals surface area contributed by atoms with Gasteiger partial charge in [0.05, 0.1) is 6.54 Å². The number of imide groups is 1. The van der Waals surface area contributed by atoms with E-state index in [-0.39, 0.29) is 30.4 Å². The van der Waals surface area contributed by atoms with Crippen LogP contribution in [0.5, 0.6) is 0 Å². The number of hydrogen-bond acceptors (Lipinski definition) is 4. The van der Waals surface area contributed by atoms with E-state index in [9.17, 15) is 14.4 Å². The predicted octanol–water partition coefficient (Wildman–Crippen LogP) is 2.36. The smallest absolute Gasteiger partial charge is 0.321 e. The molecule has 1 heterocycles. The Morgan fingerprint density at radius 2 is 1.68 bits per heavy atom. The number of likely N-dealkylation sites (tertiary alicyclic amines) is 1. The zero-order valence-corrected chi connectivity index (χ0v) is 16.6. The van der Waals surface area contributed by atoms with Crippen molar-refractivity contribution in [1.82, 2.24) is 15.5 Å². The molecule has 7 heteroatoms. The van der Waals surface area contributed by atoms with Gasteiger partial charge in [0.15, 0.2) is 0 Å². The van der Waals surface area contributed by atoms with Crippen LogP contribution in [0.25, 0.3) is 0 Å². The number of carboxylic acids is 1. The van der Waals surface area contributed by atoms with Crippen LogP contribution in [0.2, 0.25) is 0 Å². The summed E-state index contributed by atoms with van der Waals surface area (Å²) in [5.74, 6) is 1.53. The highest BCUT2D eigenvalue weighted by Crippen LogP contribution is 2.55. The van der Waals surface area contributed by atoms with Gasteiger partial charge < -0.3 is 10.4 Å². The number of rotatable bonds is 6. The highest BCUT2D eigenvalue weighted by molar-refractivity contribution is 5.95. The van der Waals surface area contributed by atoms with Crippen molar-refractivity contribution in [3.63, 3.8) is 0 Å². The molecule has 1 saturated heterocycles. The van der Waals surface area contributed by atoms with Crippen molar-refractivity contribution >= 4 is 17.9 Å². The molecule has 3 N–H and O–H groups in total. The number of amides is 3. The molecule has 3 amide bonds. The maximum Gasteiger partial charge on any atom is 0.321 e. The first kappa shape index (κ1) is 19.7. The molecule has 1 atom stereocenters. The molecule has 7 nitrogen and oxygen atoms in total. The highest BCUT2D eigenvalue weighted by Gasteiger charge is 2.51. The zero-order chi connectivity index (χ0) is 19.7. The molecule has 0 radical (unpaired) electrons. The van der Waals surface area contributed by atoms with E-state index in [4.69, 9.17) is 5.11 Å². The average Bonchev–Trinajstić information content (AvgIpc) is 2.58. The van der Waals surface area contributed by atoms with E-state index in [1.54, 1.807) is 0 Å². The fraction of sp³-hybridized carbons (Fsp3) is 0.857. The summed E-state index contributed by atoms with van der Waals surface area (Å²) in [6.07, 6.45) is 9.97. The molecule has 1 unspecified atom stereocenters. The number of urea groups is 1. The average molecular weight is 392 g/mol. The van der Waals surface area contributed by atoms with Crippen LogP contribution in [-0.2, 0) is 9.59 Å². The molecule has 1 aliphatic heterocycles. The minimum Gasteiger partial charge on any atom is -0.481 e. The summed E-state index contributed by atoms with van der Waals surface area (Å²) in [5.41, 5.74) is -0.0911. The first-order valence-electron chi connectivity index (χ1n) is 11.0. The van der Waals surface area contributed by atoms with Gasteiger partial charge in [-0.1, -0.05) is 0 Å². The van der Waals surface area contributed by atoms with Gasteiger partial charge in [0.25, 0.3) is 0 Å². The lowest BCUT2D eigenvalue weighted by Gasteiger charge is -2.56. The molecule has 156 valence electrons. The summed E-state index contributed by atoms with van der Waals surface area (Å²) in [5, 5.41) is 14.6. The van der Waals surface area contributed by atoms with Crippen molar-refractivity contribution in [2.24, 2.45) is 23.7 Å². The molecule has 0 aromatic heterocycles. The zero-order valence-electron chi connectivity index (χ0n) is 16.6. The molecular formula is C21H33N3O4. The molecule has 4 aliphatic carbocycles. The van der Waals surface area contributed by atoms with Gasteiger partial charge in [0.2, 0.25) is 5.91 Å². The molecule has 5 fully saturated rings. The second-order valence-electron chi connectivity index (χ2n) is 9.88. The van der Waals surface area contributed by atoms with Crippen molar-refractivity contribution in [1.29, 1.82) is 0 Å². The Balaban J connectivity index is 1.23. The van der Waals surface area contributed by atoms with Gasteiger partial charge in [-0.15, -0.1) is 0 Å². The van der Waals surface area contributed by atoms with Crippen LogP contribution in [0, 0.1) is 23.7 Å². The molecular weight excluding hydrogens is 358 g/mol. The molecule has 4 saturated carbocycles. The Morgan fingerprint density at radius 1 is 1.04 bits per heavy atom. The first-order valence-corrected chi connectivity index (χ1v) is 11.0. The summed E-state index contributed by atoms with van der Waals surface area (Å²) in [6.45, 7) is 1.77. The van der Waals surface area contributed by atoms with Crippen molar-refractivity contribution in [2.45, 2.75) is 69.7 Å². The van der Waals surface area contributed by atoms with Gasteiger partial charge >= 0.3 is 12.0 Å². The Labute approximate surface area is 166 Å². The minimum absolute atomic E-state index is 0.0911. The Kier molecular flexibility index (Phi) is 5.63. The molecule has 5 aliphatic rings. The van der Waals surface area contributed by atoms with Crippen LogP contribution in [0.4, 0.5) is 4.79 Å². The van der Waals surface area contributed by atoms with E-state index in [2.05, 4.69) is 10.6 Å². The summed E-state index contributed by atoms with van der Waals surface area (Å²) in [6, 6.07) is -0.341.